The van der Waals surface area contributed by atoms with Crippen molar-refractivity contribution >= 4 is 23.4 Å². The Balaban J connectivity index is 1.33. The molecule has 1 atom stereocenters. The fourth-order valence-electron chi connectivity index (χ4n) is 4.46. The average Bonchev–Trinajstić information content (AvgIpc) is 3.70. The number of benzene rings is 3. The molecule has 0 bridgehead atoms. The molecule has 3 heterocycles. The van der Waals surface area contributed by atoms with E-state index in [9.17, 15) is 4.79 Å². The molecule has 0 aliphatic rings. The maximum absolute atomic E-state index is 10.9. The van der Waals surface area contributed by atoms with E-state index >= 15 is 0 Å². The Morgan fingerprint density at radius 1 is 0.976 bits per heavy atom. The van der Waals surface area contributed by atoms with Gasteiger partial charge in [0, 0.05) is 33.6 Å². The third-order valence-electron chi connectivity index (χ3n) is 6.41. The highest BCUT2D eigenvalue weighted by molar-refractivity contribution is 6.31. The summed E-state index contributed by atoms with van der Waals surface area (Å²) in [6, 6.07) is 26.1. The minimum atomic E-state index is -1.14. The summed E-state index contributed by atoms with van der Waals surface area (Å²) in [5.41, 5.74) is 5.36. The second-order valence-corrected chi connectivity index (χ2v) is 9.52. The van der Waals surface area contributed by atoms with Gasteiger partial charge in [0.2, 0.25) is 11.8 Å². The van der Waals surface area contributed by atoms with Crippen LogP contribution in [0.25, 0.3) is 28.3 Å². The van der Waals surface area contributed by atoms with Crippen LogP contribution < -0.4 is 5.32 Å². The molecule has 0 aliphatic heterocycles. The molecule has 2 N–H and O–H groups in total. The molecule has 3 aromatic carbocycles. The van der Waals surface area contributed by atoms with Crippen LogP contribution in [0.15, 0.2) is 102 Å². The smallest absolute Gasteiger partial charge is 0.409 e. The number of carboxylic acid groups (broad SMARTS) is 1. The molecule has 12 heteroatoms. The number of carbonyl (C=O) groups is 1. The number of nitrogens with zero attached hydrogens (tertiary/aromatic N) is 7. The zero-order valence-corrected chi connectivity index (χ0v) is 22.1. The van der Waals surface area contributed by atoms with E-state index in [1.807, 2.05) is 54.6 Å². The molecule has 0 fully saturated rings. The lowest BCUT2D eigenvalue weighted by atomic mass is 9.94. The van der Waals surface area contributed by atoms with E-state index in [0.29, 0.717) is 34.5 Å². The minimum Gasteiger partial charge on any atom is -0.465 e. The number of halogens is 1. The molecule has 41 heavy (non-hydrogen) atoms. The van der Waals surface area contributed by atoms with Gasteiger partial charge in [0.25, 0.3) is 0 Å². The number of anilines is 1. The van der Waals surface area contributed by atoms with Crippen molar-refractivity contribution in [3.63, 3.8) is 0 Å². The van der Waals surface area contributed by atoms with Crippen molar-refractivity contribution in [1.82, 2.24) is 35.4 Å². The van der Waals surface area contributed by atoms with E-state index < -0.39 is 6.09 Å². The number of nitrogens with one attached hydrogen (secondary N) is 1. The second kappa shape index (κ2) is 11.4. The van der Waals surface area contributed by atoms with Gasteiger partial charge in [-0.3, -0.25) is 10.3 Å². The van der Waals surface area contributed by atoms with Gasteiger partial charge in [-0.1, -0.05) is 48.0 Å². The van der Waals surface area contributed by atoms with Crippen LogP contribution in [-0.4, -0.2) is 46.6 Å². The number of pyridine rings is 1. The van der Waals surface area contributed by atoms with Crippen LogP contribution in [0, 0.1) is 0 Å². The summed E-state index contributed by atoms with van der Waals surface area (Å²) < 4.78 is 7.71. The van der Waals surface area contributed by atoms with Crippen molar-refractivity contribution in [3.05, 3.63) is 120 Å². The predicted molar refractivity (Wildman–Crippen MR) is 151 cm³/mol. The Morgan fingerprint density at radius 2 is 1.78 bits per heavy atom. The standard InChI is InChI=1S/C29H21ClN8O3/c30-21-9-13-26(38-17-32-36-37-38)23(15-21)20-8-12-25(31-16-20)24(14-18-4-2-1-3-5-18)28-35-34-27(41-28)19-6-10-22(11-7-19)33-29(39)40/h1-13,15-17,24,33H,14H2,(H,39,40). The molecule has 11 nitrogen and oxygen atoms in total. The average molecular weight is 565 g/mol. The molecule has 6 aromatic rings. The first-order chi connectivity index (χ1) is 20.0. The van der Waals surface area contributed by atoms with Crippen molar-refractivity contribution < 1.29 is 14.3 Å². The van der Waals surface area contributed by atoms with Gasteiger partial charge in [-0.2, -0.15) is 4.68 Å². The van der Waals surface area contributed by atoms with Crippen LogP contribution in [0.2, 0.25) is 5.02 Å². The number of hydrogen-bond acceptors (Lipinski definition) is 8. The molecular weight excluding hydrogens is 544 g/mol. The van der Waals surface area contributed by atoms with Crippen molar-refractivity contribution in [3.8, 4) is 28.3 Å². The predicted octanol–water partition coefficient (Wildman–Crippen LogP) is 5.89. The maximum atomic E-state index is 10.9. The fraction of sp³-hybridized carbons (Fsp3) is 0.0690. The lowest BCUT2D eigenvalue weighted by molar-refractivity contribution is 0.209. The number of aromatic nitrogens is 7. The highest BCUT2D eigenvalue weighted by atomic mass is 35.5. The van der Waals surface area contributed by atoms with Crippen LogP contribution in [-0.2, 0) is 6.42 Å². The Hall–Kier alpha value is -5.42. The molecule has 6 rings (SSSR count). The lowest BCUT2D eigenvalue weighted by Gasteiger charge is -2.14. The number of hydrogen-bond donors (Lipinski definition) is 2. The van der Waals surface area contributed by atoms with Crippen LogP contribution in [0.4, 0.5) is 10.5 Å². The van der Waals surface area contributed by atoms with Crippen molar-refractivity contribution in [1.29, 1.82) is 0 Å². The van der Waals surface area contributed by atoms with Crippen LogP contribution in [0.1, 0.15) is 23.1 Å². The van der Waals surface area contributed by atoms with Crippen molar-refractivity contribution in [2.24, 2.45) is 0 Å². The van der Waals surface area contributed by atoms with Gasteiger partial charge in [-0.25, -0.2) is 4.79 Å². The number of rotatable bonds is 8. The van der Waals surface area contributed by atoms with Crippen LogP contribution in [0.5, 0.6) is 0 Å². The zero-order chi connectivity index (χ0) is 28.2. The monoisotopic (exact) mass is 564 g/mol. The van der Waals surface area contributed by atoms with Gasteiger partial charge in [0.15, 0.2) is 0 Å². The van der Waals surface area contributed by atoms with E-state index in [0.717, 1.165) is 28.1 Å². The number of tetrazole rings is 1. The van der Waals surface area contributed by atoms with Crippen LogP contribution in [0.3, 0.4) is 0 Å². The molecule has 1 unspecified atom stereocenters. The zero-order valence-electron chi connectivity index (χ0n) is 21.3. The van der Waals surface area contributed by atoms with Gasteiger partial charge in [-0.05, 0) is 70.9 Å². The van der Waals surface area contributed by atoms with E-state index in [-0.39, 0.29) is 5.92 Å². The topological polar surface area (TPSA) is 145 Å². The summed E-state index contributed by atoms with van der Waals surface area (Å²) in [7, 11) is 0. The Bertz CT molecular complexity index is 1770. The molecule has 0 spiro atoms. The highest BCUT2D eigenvalue weighted by Gasteiger charge is 2.24. The first kappa shape index (κ1) is 25.8. The van der Waals surface area contributed by atoms with Gasteiger partial charge >= 0.3 is 6.09 Å². The SMILES string of the molecule is O=C(O)Nc1ccc(-c2nnc(C(Cc3ccccc3)c3ccc(-c4cc(Cl)ccc4-n4cnnn4)cn3)o2)cc1. The van der Waals surface area contributed by atoms with Gasteiger partial charge < -0.3 is 9.52 Å². The molecule has 0 saturated heterocycles. The molecule has 0 aliphatic carbocycles. The third kappa shape index (κ3) is 5.80. The second-order valence-electron chi connectivity index (χ2n) is 9.08. The van der Waals surface area contributed by atoms with E-state index in [4.69, 9.17) is 26.1 Å². The summed E-state index contributed by atoms with van der Waals surface area (Å²) in [6.07, 6.45) is 2.75. The number of amides is 1. The van der Waals surface area contributed by atoms with E-state index in [2.05, 4.69) is 31.0 Å². The summed E-state index contributed by atoms with van der Waals surface area (Å²) in [4.78, 5) is 15.7. The normalized spacial score (nSPS) is 11.7. The maximum Gasteiger partial charge on any atom is 0.409 e. The first-order valence-electron chi connectivity index (χ1n) is 12.5. The van der Waals surface area contributed by atoms with Crippen molar-refractivity contribution in [2.75, 3.05) is 5.32 Å². The lowest BCUT2D eigenvalue weighted by Crippen LogP contribution is -2.08. The van der Waals surface area contributed by atoms with E-state index in [1.54, 1.807) is 41.2 Å². The Morgan fingerprint density at radius 3 is 2.49 bits per heavy atom. The van der Waals surface area contributed by atoms with Gasteiger partial charge in [-0.15, -0.1) is 15.3 Å². The first-order valence-corrected chi connectivity index (χ1v) is 12.9. The molecule has 0 saturated carbocycles. The largest absolute Gasteiger partial charge is 0.465 e. The van der Waals surface area contributed by atoms with Crippen LogP contribution >= 0.6 is 11.6 Å². The quantitative estimate of drug-likeness (QED) is 0.231. The third-order valence-corrected chi connectivity index (χ3v) is 6.65. The van der Waals surface area contributed by atoms with Gasteiger partial charge in [0.1, 0.15) is 6.33 Å². The fourth-order valence-corrected chi connectivity index (χ4v) is 4.63. The Labute approximate surface area is 238 Å². The summed E-state index contributed by atoms with van der Waals surface area (Å²) in [5.74, 6) is 0.412. The summed E-state index contributed by atoms with van der Waals surface area (Å²) in [6.45, 7) is 0. The molecule has 202 valence electrons. The summed E-state index contributed by atoms with van der Waals surface area (Å²) in [5, 5.41) is 31.9. The van der Waals surface area contributed by atoms with E-state index in [1.165, 1.54) is 6.33 Å². The molecule has 3 aromatic heterocycles. The molecule has 1 amide bonds. The van der Waals surface area contributed by atoms with Gasteiger partial charge in [0.05, 0.1) is 17.3 Å². The summed E-state index contributed by atoms with van der Waals surface area (Å²) >= 11 is 6.33. The molecule has 0 radical (unpaired) electrons. The minimum absolute atomic E-state index is 0.320. The molecular formula is C29H21ClN8O3. The Kier molecular flexibility index (Phi) is 7.16. The van der Waals surface area contributed by atoms with Crippen molar-refractivity contribution in [2.45, 2.75) is 12.3 Å². The highest BCUT2D eigenvalue weighted by Crippen LogP contribution is 2.33.